The van der Waals surface area contributed by atoms with E-state index in [1.807, 2.05) is 0 Å². The van der Waals surface area contributed by atoms with Crippen molar-refractivity contribution in [3.63, 3.8) is 0 Å². The first-order valence-corrected chi connectivity index (χ1v) is 8.67. The first-order chi connectivity index (χ1) is 9.60. The van der Waals surface area contributed by atoms with Crippen LogP contribution in [0.5, 0.6) is 0 Å². The van der Waals surface area contributed by atoms with Crippen molar-refractivity contribution in [1.29, 1.82) is 0 Å². The van der Waals surface area contributed by atoms with Crippen LogP contribution in [0.15, 0.2) is 35.2 Å². The van der Waals surface area contributed by atoms with Crippen molar-refractivity contribution < 1.29 is 12.6 Å². The summed E-state index contributed by atoms with van der Waals surface area (Å²) >= 11 is 0. The second-order valence-corrected chi connectivity index (χ2v) is 6.45. The molecule has 0 aliphatic heterocycles. The van der Waals surface area contributed by atoms with E-state index in [4.69, 9.17) is 4.18 Å². The molecule has 0 saturated heterocycles. The van der Waals surface area contributed by atoms with Crippen molar-refractivity contribution in [3.05, 3.63) is 30.3 Å². The lowest BCUT2D eigenvalue weighted by Gasteiger charge is -2.21. The molecule has 0 spiro atoms. The molecule has 20 heavy (non-hydrogen) atoms. The second-order valence-electron chi connectivity index (χ2n) is 4.84. The molecule has 1 aromatic carbocycles. The van der Waals surface area contributed by atoms with Crippen LogP contribution in [0, 0.1) is 0 Å². The Morgan fingerprint density at radius 2 is 1.55 bits per heavy atom. The van der Waals surface area contributed by atoms with Crippen LogP contribution < -0.4 is 0 Å². The third-order valence-corrected chi connectivity index (χ3v) is 4.34. The van der Waals surface area contributed by atoms with Crippen molar-refractivity contribution in [2.24, 2.45) is 0 Å². The second kappa shape index (κ2) is 9.10. The van der Waals surface area contributed by atoms with E-state index < -0.39 is 10.1 Å². The van der Waals surface area contributed by atoms with Crippen molar-refractivity contribution >= 4 is 10.1 Å². The highest BCUT2D eigenvalue weighted by Crippen LogP contribution is 2.12. The van der Waals surface area contributed by atoms with Gasteiger partial charge in [0.25, 0.3) is 10.1 Å². The van der Waals surface area contributed by atoms with Crippen LogP contribution in [0.2, 0.25) is 0 Å². The van der Waals surface area contributed by atoms with Crippen LogP contribution in [0.25, 0.3) is 0 Å². The van der Waals surface area contributed by atoms with E-state index in [-0.39, 0.29) is 11.6 Å². The van der Waals surface area contributed by atoms with Gasteiger partial charge in [0.05, 0.1) is 4.90 Å². The fourth-order valence-corrected chi connectivity index (χ4v) is 2.72. The summed E-state index contributed by atoms with van der Waals surface area (Å²) in [6.07, 6.45) is 4.29. The van der Waals surface area contributed by atoms with Gasteiger partial charge in [-0.15, -0.1) is 0 Å². The third kappa shape index (κ3) is 6.03. The molecule has 1 rings (SSSR count). The van der Waals surface area contributed by atoms with Gasteiger partial charge in [-0.05, 0) is 25.0 Å². The van der Waals surface area contributed by atoms with Crippen LogP contribution in [0.4, 0.5) is 0 Å². The molecule has 5 heteroatoms. The average Bonchev–Trinajstić information content (AvgIpc) is 2.47. The van der Waals surface area contributed by atoms with E-state index in [0.717, 1.165) is 38.8 Å². The van der Waals surface area contributed by atoms with E-state index in [0.29, 0.717) is 0 Å². The van der Waals surface area contributed by atoms with Crippen LogP contribution >= 0.6 is 0 Å². The van der Waals surface area contributed by atoms with E-state index in [1.165, 1.54) is 0 Å². The molecule has 114 valence electrons. The maximum absolute atomic E-state index is 12.0. The van der Waals surface area contributed by atoms with E-state index >= 15 is 0 Å². The molecule has 0 unspecified atom stereocenters. The molecule has 4 nitrogen and oxygen atoms in total. The lowest BCUT2D eigenvalue weighted by atomic mass is 10.3. The van der Waals surface area contributed by atoms with Crippen molar-refractivity contribution in [2.45, 2.75) is 44.4 Å². The summed E-state index contributed by atoms with van der Waals surface area (Å²) in [6.45, 7) is 6.14. The highest BCUT2D eigenvalue weighted by atomic mass is 32.2. The van der Waals surface area contributed by atoms with Gasteiger partial charge in [0.15, 0.2) is 0 Å². The van der Waals surface area contributed by atoms with Crippen LogP contribution in [0.1, 0.15) is 39.5 Å². The summed E-state index contributed by atoms with van der Waals surface area (Å²) < 4.78 is 29.2. The van der Waals surface area contributed by atoms with Crippen molar-refractivity contribution in [3.8, 4) is 0 Å². The minimum Gasteiger partial charge on any atom is -0.280 e. The van der Waals surface area contributed by atoms with Gasteiger partial charge in [0.2, 0.25) is 0 Å². The fraction of sp³-hybridized carbons (Fsp3) is 0.600. The summed E-state index contributed by atoms with van der Waals surface area (Å²) in [5.41, 5.74) is 0. The molecule has 0 atom stereocenters. The van der Waals surface area contributed by atoms with Gasteiger partial charge >= 0.3 is 0 Å². The van der Waals surface area contributed by atoms with Gasteiger partial charge in [0.1, 0.15) is 6.73 Å². The molecule has 0 amide bonds. The topological polar surface area (TPSA) is 46.6 Å². The Labute approximate surface area is 122 Å². The minimum atomic E-state index is -3.65. The lowest BCUT2D eigenvalue weighted by Crippen LogP contribution is -2.30. The van der Waals surface area contributed by atoms with E-state index in [1.54, 1.807) is 30.3 Å². The Balaban J connectivity index is 2.56. The minimum absolute atomic E-state index is 0.136. The summed E-state index contributed by atoms with van der Waals surface area (Å²) in [7, 11) is -3.65. The Morgan fingerprint density at radius 1 is 1.00 bits per heavy atom. The molecule has 0 saturated carbocycles. The zero-order valence-corrected chi connectivity index (χ0v) is 13.2. The summed E-state index contributed by atoms with van der Waals surface area (Å²) in [5.74, 6) is 0. The average molecular weight is 299 g/mol. The number of hydrogen-bond acceptors (Lipinski definition) is 4. The molecule has 0 radical (unpaired) electrons. The highest BCUT2D eigenvalue weighted by molar-refractivity contribution is 7.86. The fourth-order valence-electron chi connectivity index (χ4n) is 1.80. The summed E-state index contributed by atoms with van der Waals surface area (Å²) in [6, 6.07) is 8.29. The predicted molar refractivity (Wildman–Crippen MR) is 81.0 cm³/mol. The first-order valence-electron chi connectivity index (χ1n) is 7.27. The van der Waals surface area contributed by atoms with Crippen molar-refractivity contribution in [2.75, 3.05) is 19.8 Å². The Hall–Kier alpha value is -0.910. The van der Waals surface area contributed by atoms with Gasteiger partial charge in [0, 0.05) is 13.1 Å². The first kappa shape index (κ1) is 17.1. The van der Waals surface area contributed by atoms with Gasteiger partial charge in [-0.3, -0.25) is 9.08 Å². The SMILES string of the molecule is CCCCN(CCCC)COS(=O)(=O)c1ccccc1. The lowest BCUT2D eigenvalue weighted by molar-refractivity contribution is 0.128. The Morgan fingerprint density at radius 3 is 2.05 bits per heavy atom. The smallest absolute Gasteiger partial charge is 0.280 e. The van der Waals surface area contributed by atoms with Gasteiger partial charge in [-0.2, -0.15) is 8.42 Å². The predicted octanol–water partition coefficient (Wildman–Crippen LogP) is 3.25. The van der Waals surface area contributed by atoms with Gasteiger partial charge in [-0.1, -0.05) is 44.9 Å². The molecule has 1 aromatic rings. The normalized spacial score (nSPS) is 11.9. The van der Waals surface area contributed by atoms with Crippen LogP contribution in [0.3, 0.4) is 0 Å². The highest BCUT2D eigenvalue weighted by Gasteiger charge is 2.16. The molecule has 0 heterocycles. The largest absolute Gasteiger partial charge is 0.298 e. The van der Waals surface area contributed by atoms with Gasteiger partial charge in [-0.25, -0.2) is 0 Å². The number of nitrogens with zero attached hydrogens (tertiary/aromatic N) is 1. The number of hydrogen-bond donors (Lipinski definition) is 0. The maximum Gasteiger partial charge on any atom is 0.298 e. The molecule has 0 N–H and O–H groups in total. The molecule has 0 aliphatic rings. The monoisotopic (exact) mass is 299 g/mol. The third-order valence-electron chi connectivity index (χ3n) is 3.08. The molecular weight excluding hydrogens is 274 g/mol. The van der Waals surface area contributed by atoms with Gasteiger partial charge < -0.3 is 0 Å². The molecule has 0 aromatic heterocycles. The van der Waals surface area contributed by atoms with Crippen LogP contribution in [-0.2, 0) is 14.3 Å². The number of unbranched alkanes of at least 4 members (excludes halogenated alkanes) is 2. The van der Waals surface area contributed by atoms with E-state index in [9.17, 15) is 8.42 Å². The van der Waals surface area contributed by atoms with Crippen molar-refractivity contribution in [1.82, 2.24) is 4.90 Å². The Kier molecular flexibility index (Phi) is 7.80. The standard InChI is InChI=1S/C15H25NO3S/c1-3-5-12-16(13-6-4-2)14-19-20(17,18)15-10-8-7-9-11-15/h7-11H,3-6,12-14H2,1-2H3. The zero-order chi connectivity index (χ0) is 14.8. The molecular formula is C15H25NO3S. The summed E-state index contributed by atoms with van der Waals surface area (Å²) in [4.78, 5) is 2.28. The number of rotatable bonds is 10. The molecule has 0 bridgehead atoms. The quantitative estimate of drug-likeness (QED) is 0.491. The van der Waals surface area contributed by atoms with E-state index in [2.05, 4.69) is 18.7 Å². The zero-order valence-electron chi connectivity index (χ0n) is 12.4. The van der Waals surface area contributed by atoms with Crippen LogP contribution in [-0.4, -0.2) is 33.1 Å². The molecule has 0 fully saturated rings. The Bertz CT molecular complexity index is 451. The maximum atomic E-state index is 12.0. The number of benzene rings is 1. The summed E-state index contributed by atoms with van der Waals surface area (Å²) in [5, 5.41) is 0. The molecule has 0 aliphatic carbocycles.